The van der Waals surface area contributed by atoms with Crippen molar-refractivity contribution in [3.8, 4) is 11.5 Å². The van der Waals surface area contributed by atoms with E-state index in [0.717, 1.165) is 18.5 Å². The van der Waals surface area contributed by atoms with Crippen molar-refractivity contribution in [2.45, 2.75) is 12.8 Å². The fourth-order valence-corrected chi connectivity index (χ4v) is 2.59. The minimum Gasteiger partial charge on any atom is -0.504 e. The van der Waals surface area contributed by atoms with E-state index in [-0.39, 0.29) is 18.3 Å². The molecule has 0 aliphatic carbocycles. The molecule has 0 unspecified atom stereocenters. The molecular formula is C17H17NO3. The normalized spacial score (nSPS) is 13.6. The molecular weight excluding hydrogens is 266 g/mol. The molecule has 0 atom stereocenters. The Bertz CT molecular complexity index is 654. The van der Waals surface area contributed by atoms with Gasteiger partial charge in [0.15, 0.2) is 18.1 Å². The molecule has 0 aromatic heterocycles. The van der Waals surface area contributed by atoms with Crippen LogP contribution in [0.4, 0.5) is 5.69 Å². The van der Waals surface area contributed by atoms with Gasteiger partial charge >= 0.3 is 0 Å². The number of aryl methyl sites for hydroxylation is 1. The smallest absolute Gasteiger partial charge is 0.264 e. The van der Waals surface area contributed by atoms with Gasteiger partial charge in [-0.15, -0.1) is 0 Å². The molecule has 108 valence electrons. The Balaban J connectivity index is 1.71. The zero-order chi connectivity index (χ0) is 14.7. The SMILES string of the molecule is O=C(COc1ccccc1O)N1CCCc2ccccc21. The van der Waals surface area contributed by atoms with E-state index in [1.807, 2.05) is 18.2 Å². The molecule has 1 aliphatic rings. The van der Waals surface area contributed by atoms with Crippen LogP contribution in [0, 0.1) is 0 Å². The number of benzene rings is 2. The van der Waals surface area contributed by atoms with Gasteiger partial charge in [0, 0.05) is 12.2 Å². The van der Waals surface area contributed by atoms with Crippen molar-refractivity contribution in [3.63, 3.8) is 0 Å². The van der Waals surface area contributed by atoms with Gasteiger partial charge in [0.1, 0.15) is 0 Å². The summed E-state index contributed by atoms with van der Waals surface area (Å²) in [7, 11) is 0. The Labute approximate surface area is 123 Å². The number of rotatable bonds is 3. The van der Waals surface area contributed by atoms with Gasteiger partial charge in [-0.05, 0) is 36.6 Å². The summed E-state index contributed by atoms with van der Waals surface area (Å²) in [5.41, 5.74) is 2.16. The summed E-state index contributed by atoms with van der Waals surface area (Å²) in [6.07, 6.45) is 1.96. The molecule has 1 amide bonds. The number of aromatic hydroxyl groups is 1. The first-order valence-electron chi connectivity index (χ1n) is 7.05. The molecule has 1 N–H and O–H groups in total. The van der Waals surface area contributed by atoms with Crippen LogP contribution in [0.5, 0.6) is 11.5 Å². The maximum atomic E-state index is 12.4. The lowest BCUT2D eigenvalue weighted by molar-refractivity contribution is -0.120. The molecule has 0 fully saturated rings. The van der Waals surface area contributed by atoms with Gasteiger partial charge in [0.25, 0.3) is 5.91 Å². The molecule has 0 bridgehead atoms. The molecule has 2 aromatic carbocycles. The van der Waals surface area contributed by atoms with Crippen LogP contribution in [0.3, 0.4) is 0 Å². The van der Waals surface area contributed by atoms with Crippen molar-refractivity contribution in [1.82, 2.24) is 0 Å². The van der Waals surface area contributed by atoms with E-state index in [1.165, 1.54) is 11.6 Å². The summed E-state index contributed by atoms with van der Waals surface area (Å²) >= 11 is 0. The first-order chi connectivity index (χ1) is 10.3. The molecule has 4 nitrogen and oxygen atoms in total. The van der Waals surface area contributed by atoms with E-state index in [1.54, 1.807) is 23.1 Å². The van der Waals surface area contributed by atoms with Crippen LogP contribution < -0.4 is 9.64 Å². The third-order valence-electron chi connectivity index (χ3n) is 3.63. The van der Waals surface area contributed by atoms with Crippen LogP contribution in [0.15, 0.2) is 48.5 Å². The summed E-state index contributed by atoms with van der Waals surface area (Å²) in [5.74, 6) is 0.283. The van der Waals surface area contributed by atoms with Crippen molar-refractivity contribution < 1.29 is 14.6 Å². The second kappa shape index (κ2) is 5.87. The Morgan fingerprint density at radius 1 is 1.14 bits per heavy atom. The second-order valence-electron chi connectivity index (χ2n) is 5.03. The maximum Gasteiger partial charge on any atom is 0.264 e. The summed E-state index contributed by atoms with van der Waals surface area (Å²) in [6.45, 7) is 0.631. The number of amides is 1. The van der Waals surface area contributed by atoms with E-state index in [9.17, 15) is 9.90 Å². The first kappa shape index (κ1) is 13.5. The fourth-order valence-electron chi connectivity index (χ4n) is 2.59. The van der Waals surface area contributed by atoms with Gasteiger partial charge in [-0.3, -0.25) is 4.79 Å². The number of ether oxygens (including phenoxy) is 1. The van der Waals surface area contributed by atoms with Crippen molar-refractivity contribution in [1.29, 1.82) is 0 Å². The number of hydrogen-bond donors (Lipinski definition) is 1. The van der Waals surface area contributed by atoms with E-state index in [2.05, 4.69) is 6.07 Å². The summed E-state index contributed by atoms with van der Waals surface area (Å²) in [6, 6.07) is 14.6. The largest absolute Gasteiger partial charge is 0.504 e. The molecule has 2 aromatic rings. The number of nitrogens with zero attached hydrogens (tertiary/aromatic N) is 1. The molecule has 4 heteroatoms. The quantitative estimate of drug-likeness (QED) is 0.942. The zero-order valence-corrected chi connectivity index (χ0v) is 11.7. The standard InChI is InChI=1S/C17H17NO3/c19-15-9-3-4-10-16(15)21-12-17(20)18-11-5-7-13-6-1-2-8-14(13)18/h1-4,6,8-10,19H,5,7,11-12H2. The van der Waals surface area contributed by atoms with Crippen molar-refractivity contribution in [2.75, 3.05) is 18.1 Å². The second-order valence-corrected chi connectivity index (χ2v) is 5.03. The lowest BCUT2D eigenvalue weighted by Crippen LogP contribution is -2.38. The zero-order valence-electron chi connectivity index (χ0n) is 11.7. The van der Waals surface area contributed by atoms with Crippen LogP contribution in [0.2, 0.25) is 0 Å². The summed E-state index contributed by atoms with van der Waals surface area (Å²) in [4.78, 5) is 14.1. The lowest BCUT2D eigenvalue weighted by atomic mass is 10.0. The van der Waals surface area contributed by atoms with Crippen molar-refractivity contribution in [3.05, 3.63) is 54.1 Å². The number of para-hydroxylation sites is 3. The highest BCUT2D eigenvalue weighted by Gasteiger charge is 2.22. The number of carbonyl (C=O) groups excluding carboxylic acids is 1. The molecule has 1 heterocycles. The van der Waals surface area contributed by atoms with Crippen LogP contribution in [-0.4, -0.2) is 24.2 Å². The molecule has 1 aliphatic heterocycles. The highest BCUT2D eigenvalue weighted by molar-refractivity contribution is 5.95. The number of phenolic OH excluding ortho intramolecular Hbond substituents is 1. The van der Waals surface area contributed by atoms with E-state index >= 15 is 0 Å². The van der Waals surface area contributed by atoms with Crippen LogP contribution in [-0.2, 0) is 11.2 Å². The molecule has 0 saturated carbocycles. The van der Waals surface area contributed by atoms with E-state index in [4.69, 9.17) is 4.74 Å². The average molecular weight is 283 g/mol. The van der Waals surface area contributed by atoms with E-state index in [0.29, 0.717) is 12.3 Å². The number of phenols is 1. The minimum absolute atomic E-state index is 0.0457. The minimum atomic E-state index is -0.0922. The topological polar surface area (TPSA) is 49.8 Å². The van der Waals surface area contributed by atoms with E-state index < -0.39 is 0 Å². The fraction of sp³-hybridized carbons (Fsp3) is 0.235. The summed E-state index contributed by atoms with van der Waals surface area (Å²) < 4.78 is 5.43. The Morgan fingerprint density at radius 3 is 2.76 bits per heavy atom. The maximum absolute atomic E-state index is 12.4. The number of anilines is 1. The molecule has 0 spiro atoms. The van der Waals surface area contributed by atoms with Crippen LogP contribution >= 0.6 is 0 Å². The first-order valence-corrected chi connectivity index (χ1v) is 7.05. The van der Waals surface area contributed by atoms with Crippen molar-refractivity contribution in [2.24, 2.45) is 0 Å². The third kappa shape index (κ3) is 2.84. The van der Waals surface area contributed by atoms with Gasteiger partial charge < -0.3 is 14.7 Å². The molecule has 0 radical (unpaired) electrons. The lowest BCUT2D eigenvalue weighted by Gasteiger charge is -2.29. The highest BCUT2D eigenvalue weighted by atomic mass is 16.5. The van der Waals surface area contributed by atoms with Crippen LogP contribution in [0.1, 0.15) is 12.0 Å². The monoisotopic (exact) mass is 283 g/mol. The number of carbonyl (C=O) groups is 1. The van der Waals surface area contributed by atoms with Crippen molar-refractivity contribution >= 4 is 11.6 Å². The Hall–Kier alpha value is -2.49. The molecule has 21 heavy (non-hydrogen) atoms. The van der Waals surface area contributed by atoms with Gasteiger partial charge in [0.2, 0.25) is 0 Å². The highest BCUT2D eigenvalue weighted by Crippen LogP contribution is 2.28. The Morgan fingerprint density at radius 2 is 1.90 bits per heavy atom. The molecule has 0 saturated heterocycles. The Kier molecular flexibility index (Phi) is 3.77. The van der Waals surface area contributed by atoms with Gasteiger partial charge in [-0.25, -0.2) is 0 Å². The predicted octanol–water partition coefficient (Wildman–Crippen LogP) is 2.75. The summed E-state index contributed by atoms with van der Waals surface area (Å²) in [5, 5.41) is 9.64. The molecule has 3 rings (SSSR count). The average Bonchev–Trinajstić information content (AvgIpc) is 2.53. The van der Waals surface area contributed by atoms with Gasteiger partial charge in [-0.2, -0.15) is 0 Å². The third-order valence-corrected chi connectivity index (χ3v) is 3.63. The van der Waals surface area contributed by atoms with Gasteiger partial charge in [-0.1, -0.05) is 30.3 Å². The predicted molar refractivity (Wildman–Crippen MR) is 80.7 cm³/mol. The van der Waals surface area contributed by atoms with Crippen LogP contribution in [0.25, 0.3) is 0 Å². The van der Waals surface area contributed by atoms with Gasteiger partial charge in [0.05, 0.1) is 0 Å². The number of fused-ring (bicyclic) bond motifs is 1. The number of hydrogen-bond acceptors (Lipinski definition) is 3.